The van der Waals surface area contributed by atoms with Gasteiger partial charge in [-0.15, -0.1) is 0 Å². The van der Waals surface area contributed by atoms with Crippen LogP contribution in [0, 0.1) is 11.8 Å². The molecule has 0 aromatic rings. The summed E-state index contributed by atoms with van der Waals surface area (Å²) in [5.41, 5.74) is 0. The summed E-state index contributed by atoms with van der Waals surface area (Å²) in [6.45, 7) is 9.67. The largest absolute Gasteiger partial charge is 0.340 e. The third kappa shape index (κ3) is 2.49. The maximum Gasteiger partial charge on any atom is 0.225 e. The van der Waals surface area contributed by atoms with Crippen LogP contribution in [0.1, 0.15) is 47.0 Å². The molecule has 0 bridgehead atoms. The van der Waals surface area contributed by atoms with Crippen LogP contribution in [-0.2, 0) is 4.79 Å². The SMILES string of the molecule is CCC(C)CC(C)N1CC[C@H](C)C1=O. The van der Waals surface area contributed by atoms with Crippen LogP contribution < -0.4 is 0 Å². The molecule has 0 aliphatic carbocycles. The van der Waals surface area contributed by atoms with Gasteiger partial charge in [0.05, 0.1) is 0 Å². The van der Waals surface area contributed by atoms with Crippen LogP contribution >= 0.6 is 0 Å². The fourth-order valence-corrected chi connectivity index (χ4v) is 2.16. The van der Waals surface area contributed by atoms with Crippen molar-refractivity contribution in [2.24, 2.45) is 11.8 Å². The second-order valence-electron chi connectivity index (χ2n) is 4.82. The van der Waals surface area contributed by atoms with E-state index in [1.165, 1.54) is 6.42 Å². The molecular weight excluding hydrogens is 174 g/mol. The van der Waals surface area contributed by atoms with Crippen LogP contribution in [0.15, 0.2) is 0 Å². The van der Waals surface area contributed by atoms with E-state index in [-0.39, 0.29) is 5.92 Å². The highest BCUT2D eigenvalue weighted by atomic mass is 16.2. The third-order valence-electron chi connectivity index (χ3n) is 3.48. The minimum absolute atomic E-state index is 0.259. The van der Waals surface area contributed by atoms with E-state index in [0.717, 1.165) is 25.3 Å². The van der Waals surface area contributed by atoms with E-state index in [0.29, 0.717) is 11.9 Å². The van der Waals surface area contributed by atoms with Crippen molar-refractivity contribution < 1.29 is 4.79 Å². The van der Waals surface area contributed by atoms with Gasteiger partial charge in [0.25, 0.3) is 0 Å². The highest BCUT2D eigenvalue weighted by molar-refractivity contribution is 5.80. The maximum absolute atomic E-state index is 11.7. The molecule has 1 heterocycles. The van der Waals surface area contributed by atoms with Crippen molar-refractivity contribution in [2.75, 3.05) is 6.54 Å². The molecule has 14 heavy (non-hydrogen) atoms. The maximum atomic E-state index is 11.7. The molecule has 0 N–H and O–H groups in total. The van der Waals surface area contributed by atoms with Crippen LogP contribution in [0.3, 0.4) is 0 Å². The Hall–Kier alpha value is -0.530. The van der Waals surface area contributed by atoms with E-state index in [2.05, 4.69) is 25.7 Å². The van der Waals surface area contributed by atoms with Crippen LogP contribution in [0.5, 0.6) is 0 Å². The van der Waals surface area contributed by atoms with Crippen LogP contribution in [0.25, 0.3) is 0 Å². The van der Waals surface area contributed by atoms with Crippen LogP contribution in [0.4, 0.5) is 0 Å². The zero-order valence-electron chi connectivity index (χ0n) is 9.92. The lowest BCUT2D eigenvalue weighted by Crippen LogP contribution is -2.36. The molecule has 1 aliphatic heterocycles. The van der Waals surface area contributed by atoms with Gasteiger partial charge in [0.1, 0.15) is 0 Å². The molecule has 1 fully saturated rings. The average Bonchev–Trinajstić information content (AvgIpc) is 2.47. The molecule has 3 atom stereocenters. The zero-order valence-corrected chi connectivity index (χ0v) is 9.92. The molecule has 2 unspecified atom stereocenters. The summed E-state index contributed by atoms with van der Waals surface area (Å²) in [4.78, 5) is 13.8. The molecule has 2 heteroatoms. The molecule has 0 spiro atoms. The number of hydrogen-bond donors (Lipinski definition) is 0. The van der Waals surface area contributed by atoms with Crippen molar-refractivity contribution in [2.45, 2.75) is 53.0 Å². The summed E-state index contributed by atoms with van der Waals surface area (Å²) < 4.78 is 0. The molecule has 82 valence electrons. The summed E-state index contributed by atoms with van der Waals surface area (Å²) >= 11 is 0. The van der Waals surface area contributed by atoms with Gasteiger partial charge >= 0.3 is 0 Å². The standard InChI is InChI=1S/C12H23NO/c1-5-9(2)8-11(4)13-7-6-10(3)12(13)14/h9-11H,5-8H2,1-4H3/t9?,10-,11?/m0/s1. The molecular formula is C12H23NO. The van der Waals surface area contributed by atoms with Gasteiger partial charge in [0.15, 0.2) is 0 Å². The first-order valence-electron chi connectivity index (χ1n) is 5.86. The van der Waals surface area contributed by atoms with Crippen molar-refractivity contribution in [3.05, 3.63) is 0 Å². The summed E-state index contributed by atoms with van der Waals surface area (Å²) in [5, 5.41) is 0. The van der Waals surface area contributed by atoms with Gasteiger partial charge in [-0.2, -0.15) is 0 Å². The second kappa shape index (κ2) is 4.81. The predicted molar refractivity (Wildman–Crippen MR) is 59.0 cm³/mol. The van der Waals surface area contributed by atoms with E-state index in [1.54, 1.807) is 0 Å². The lowest BCUT2D eigenvalue weighted by molar-refractivity contribution is -0.132. The van der Waals surface area contributed by atoms with Crippen LogP contribution in [0.2, 0.25) is 0 Å². The van der Waals surface area contributed by atoms with Gasteiger partial charge in [0, 0.05) is 18.5 Å². The minimum atomic E-state index is 0.259. The van der Waals surface area contributed by atoms with Gasteiger partial charge in [-0.25, -0.2) is 0 Å². The monoisotopic (exact) mass is 197 g/mol. The van der Waals surface area contributed by atoms with Crippen molar-refractivity contribution >= 4 is 5.91 Å². The van der Waals surface area contributed by atoms with Crippen molar-refractivity contribution in [3.63, 3.8) is 0 Å². The molecule has 1 aliphatic rings. The molecule has 0 saturated carbocycles. The highest BCUT2D eigenvalue weighted by Crippen LogP contribution is 2.23. The first kappa shape index (κ1) is 11.5. The number of nitrogens with zero attached hydrogens (tertiary/aromatic N) is 1. The summed E-state index contributed by atoms with van der Waals surface area (Å²) in [6, 6.07) is 0.433. The predicted octanol–water partition coefficient (Wildman–Crippen LogP) is 2.68. The topological polar surface area (TPSA) is 20.3 Å². The van der Waals surface area contributed by atoms with Gasteiger partial charge in [0.2, 0.25) is 5.91 Å². The Kier molecular flexibility index (Phi) is 3.97. The number of rotatable bonds is 4. The summed E-state index contributed by atoms with van der Waals surface area (Å²) in [5.74, 6) is 1.35. The van der Waals surface area contributed by atoms with Gasteiger partial charge in [-0.3, -0.25) is 4.79 Å². The second-order valence-corrected chi connectivity index (χ2v) is 4.82. The first-order chi connectivity index (χ1) is 6.56. The molecule has 0 radical (unpaired) electrons. The fourth-order valence-electron chi connectivity index (χ4n) is 2.16. The lowest BCUT2D eigenvalue weighted by atomic mass is 9.99. The van der Waals surface area contributed by atoms with E-state index < -0.39 is 0 Å². The molecule has 0 aromatic heterocycles. The molecule has 1 amide bonds. The van der Waals surface area contributed by atoms with Gasteiger partial charge in [-0.1, -0.05) is 27.2 Å². The van der Waals surface area contributed by atoms with E-state index in [9.17, 15) is 4.79 Å². The van der Waals surface area contributed by atoms with Crippen molar-refractivity contribution in [3.8, 4) is 0 Å². The first-order valence-corrected chi connectivity index (χ1v) is 5.86. The molecule has 1 rings (SSSR count). The lowest BCUT2D eigenvalue weighted by Gasteiger charge is -2.26. The minimum Gasteiger partial charge on any atom is -0.340 e. The number of carbonyl (C=O) groups is 1. The molecule has 2 nitrogen and oxygen atoms in total. The van der Waals surface area contributed by atoms with Gasteiger partial charge in [-0.05, 0) is 25.7 Å². The summed E-state index contributed by atoms with van der Waals surface area (Å²) in [7, 11) is 0. The molecule has 1 saturated heterocycles. The Morgan fingerprint density at radius 2 is 2.14 bits per heavy atom. The van der Waals surface area contributed by atoms with E-state index in [4.69, 9.17) is 0 Å². The van der Waals surface area contributed by atoms with E-state index in [1.807, 2.05) is 6.92 Å². The summed E-state index contributed by atoms with van der Waals surface area (Å²) in [6.07, 6.45) is 3.40. The zero-order chi connectivity index (χ0) is 10.7. The van der Waals surface area contributed by atoms with Crippen LogP contribution in [-0.4, -0.2) is 23.4 Å². The molecule has 0 aromatic carbocycles. The quantitative estimate of drug-likeness (QED) is 0.678. The fraction of sp³-hybridized carbons (Fsp3) is 0.917. The smallest absolute Gasteiger partial charge is 0.225 e. The number of hydrogen-bond acceptors (Lipinski definition) is 1. The number of amides is 1. The van der Waals surface area contributed by atoms with E-state index >= 15 is 0 Å². The Bertz CT molecular complexity index is 202. The Labute approximate surface area is 87.7 Å². The van der Waals surface area contributed by atoms with Crippen molar-refractivity contribution in [1.82, 2.24) is 4.90 Å². The number of likely N-dealkylation sites (tertiary alicyclic amines) is 1. The number of carbonyl (C=O) groups excluding carboxylic acids is 1. The Balaban J connectivity index is 2.45. The normalized spacial score (nSPS) is 26.7. The Morgan fingerprint density at radius 3 is 2.57 bits per heavy atom. The Morgan fingerprint density at radius 1 is 1.50 bits per heavy atom. The average molecular weight is 197 g/mol. The van der Waals surface area contributed by atoms with Gasteiger partial charge < -0.3 is 4.90 Å². The highest BCUT2D eigenvalue weighted by Gasteiger charge is 2.31. The third-order valence-corrected chi connectivity index (χ3v) is 3.48. The van der Waals surface area contributed by atoms with Crippen molar-refractivity contribution in [1.29, 1.82) is 0 Å².